The molecule has 3 nitrogen and oxygen atoms in total. The Morgan fingerprint density at radius 2 is 2.12 bits per heavy atom. The van der Waals surface area contributed by atoms with Gasteiger partial charge in [-0.1, -0.05) is 0 Å². The van der Waals surface area contributed by atoms with Crippen molar-refractivity contribution in [3.63, 3.8) is 0 Å². The Balaban J connectivity index is 2.92. The van der Waals surface area contributed by atoms with E-state index in [0.29, 0.717) is 20.2 Å². The number of nitrogens with one attached hydrogen (secondary N) is 1. The summed E-state index contributed by atoms with van der Waals surface area (Å²) in [5.41, 5.74) is 1.15. The van der Waals surface area contributed by atoms with Crippen LogP contribution in [0.4, 0.5) is 10.1 Å². The van der Waals surface area contributed by atoms with Crippen molar-refractivity contribution in [2.24, 2.45) is 0 Å². The van der Waals surface area contributed by atoms with Crippen LogP contribution in [0.2, 0.25) is 0 Å². The van der Waals surface area contributed by atoms with Crippen LogP contribution >= 0.6 is 31.9 Å². The Hall–Kier alpha value is -0.170. The smallest absolute Gasteiger partial charge is 0.128 e. The van der Waals surface area contributed by atoms with Crippen molar-refractivity contribution in [3.8, 4) is 0 Å². The van der Waals surface area contributed by atoms with E-state index in [-0.39, 0.29) is 19.0 Å². The van der Waals surface area contributed by atoms with Crippen LogP contribution in [0.3, 0.4) is 0 Å². The number of hydrogen-bond donors (Lipinski definition) is 3. The molecule has 6 heteroatoms. The second-order valence-corrected chi connectivity index (χ2v) is 5.02. The van der Waals surface area contributed by atoms with Gasteiger partial charge in [-0.25, -0.2) is 4.39 Å². The highest BCUT2D eigenvalue weighted by Gasteiger charge is 2.13. The van der Waals surface area contributed by atoms with E-state index in [0.717, 1.165) is 0 Å². The number of rotatable bonds is 4. The number of hydrogen-bond acceptors (Lipinski definition) is 3. The van der Waals surface area contributed by atoms with Gasteiger partial charge in [0.05, 0.1) is 18.4 Å². The third-order valence-electron chi connectivity index (χ3n) is 2.12. The summed E-state index contributed by atoms with van der Waals surface area (Å²) < 4.78 is 14.5. The van der Waals surface area contributed by atoms with Gasteiger partial charge in [0.25, 0.3) is 0 Å². The Morgan fingerprint density at radius 3 is 2.69 bits per heavy atom. The predicted octanol–water partition coefficient (Wildman–Crippen LogP) is 2.42. The first-order chi connectivity index (χ1) is 7.47. The zero-order chi connectivity index (χ0) is 12.3. The van der Waals surface area contributed by atoms with Crippen LogP contribution in [0.15, 0.2) is 15.0 Å². The van der Waals surface area contributed by atoms with Crippen LogP contribution in [0.25, 0.3) is 0 Å². The highest BCUT2D eigenvalue weighted by molar-refractivity contribution is 9.11. The first kappa shape index (κ1) is 13.9. The third kappa shape index (κ3) is 3.16. The van der Waals surface area contributed by atoms with Crippen LogP contribution < -0.4 is 5.32 Å². The van der Waals surface area contributed by atoms with Crippen molar-refractivity contribution in [2.45, 2.75) is 13.0 Å². The zero-order valence-electron chi connectivity index (χ0n) is 8.60. The van der Waals surface area contributed by atoms with Crippen LogP contribution in [0.1, 0.15) is 5.56 Å². The fourth-order valence-electron chi connectivity index (χ4n) is 1.14. The molecule has 1 atom stereocenters. The molecular weight excluding hydrogens is 345 g/mol. The molecule has 0 spiro atoms. The van der Waals surface area contributed by atoms with E-state index in [1.807, 2.05) is 0 Å². The van der Waals surface area contributed by atoms with Gasteiger partial charge in [-0.2, -0.15) is 0 Å². The number of aliphatic hydroxyl groups is 2. The summed E-state index contributed by atoms with van der Waals surface area (Å²) in [5.74, 6) is -0.313. The van der Waals surface area contributed by atoms with Gasteiger partial charge >= 0.3 is 0 Å². The van der Waals surface area contributed by atoms with Gasteiger partial charge in [0.2, 0.25) is 0 Å². The molecule has 0 amide bonds. The molecule has 0 aliphatic carbocycles. The Morgan fingerprint density at radius 1 is 1.50 bits per heavy atom. The maximum atomic E-state index is 13.3. The molecule has 0 aliphatic rings. The molecule has 0 aliphatic heterocycles. The Bertz CT molecular complexity index is 388. The van der Waals surface area contributed by atoms with Crippen molar-refractivity contribution in [1.29, 1.82) is 0 Å². The largest absolute Gasteiger partial charge is 0.394 e. The monoisotopic (exact) mass is 355 g/mol. The van der Waals surface area contributed by atoms with Crippen molar-refractivity contribution in [1.82, 2.24) is 0 Å². The molecule has 0 radical (unpaired) electrons. The topological polar surface area (TPSA) is 52.5 Å². The highest BCUT2D eigenvalue weighted by atomic mass is 79.9. The standard InChI is InChI=1S/C10H12Br2FNO2/c1-5-8(13)2-7(11)10(9(5)12)14-3-6(16)4-15/h2,6,14-16H,3-4H2,1H3. The van der Waals surface area contributed by atoms with Crippen LogP contribution in [0.5, 0.6) is 0 Å². The molecule has 0 saturated heterocycles. The third-order valence-corrected chi connectivity index (χ3v) is 3.74. The number of anilines is 1. The van der Waals surface area contributed by atoms with Crippen molar-refractivity contribution < 1.29 is 14.6 Å². The minimum atomic E-state index is -0.843. The minimum absolute atomic E-state index is 0.193. The zero-order valence-corrected chi connectivity index (χ0v) is 11.8. The number of halogens is 3. The molecule has 16 heavy (non-hydrogen) atoms. The van der Waals surface area contributed by atoms with E-state index in [9.17, 15) is 9.50 Å². The van der Waals surface area contributed by atoms with E-state index >= 15 is 0 Å². The van der Waals surface area contributed by atoms with E-state index in [4.69, 9.17) is 5.11 Å². The second-order valence-electron chi connectivity index (χ2n) is 3.37. The van der Waals surface area contributed by atoms with E-state index in [2.05, 4.69) is 37.2 Å². The van der Waals surface area contributed by atoms with Gasteiger partial charge in [-0.05, 0) is 44.8 Å². The molecular formula is C10H12Br2FNO2. The van der Waals surface area contributed by atoms with Crippen LogP contribution in [0, 0.1) is 12.7 Å². The maximum Gasteiger partial charge on any atom is 0.128 e. The van der Waals surface area contributed by atoms with Crippen LogP contribution in [-0.2, 0) is 0 Å². The lowest BCUT2D eigenvalue weighted by Crippen LogP contribution is -2.23. The van der Waals surface area contributed by atoms with Crippen molar-refractivity contribution >= 4 is 37.5 Å². The molecule has 0 saturated carbocycles. The molecule has 90 valence electrons. The fraction of sp³-hybridized carbons (Fsp3) is 0.400. The summed E-state index contributed by atoms with van der Waals surface area (Å²) >= 11 is 6.50. The molecule has 0 bridgehead atoms. The summed E-state index contributed by atoms with van der Waals surface area (Å²) in [5, 5.41) is 20.8. The summed E-state index contributed by atoms with van der Waals surface area (Å²) in [6.45, 7) is 1.53. The van der Waals surface area contributed by atoms with E-state index in [1.54, 1.807) is 6.92 Å². The molecule has 1 aromatic carbocycles. The predicted molar refractivity (Wildman–Crippen MR) is 68.1 cm³/mol. The van der Waals surface area contributed by atoms with E-state index < -0.39 is 6.10 Å². The minimum Gasteiger partial charge on any atom is -0.394 e. The van der Waals surface area contributed by atoms with Gasteiger partial charge in [0, 0.05) is 21.1 Å². The summed E-state index contributed by atoms with van der Waals surface area (Å²) in [6.07, 6.45) is -0.843. The highest BCUT2D eigenvalue weighted by Crippen LogP contribution is 2.35. The van der Waals surface area contributed by atoms with Gasteiger partial charge < -0.3 is 15.5 Å². The van der Waals surface area contributed by atoms with Crippen molar-refractivity contribution in [2.75, 3.05) is 18.5 Å². The molecule has 0 fully saturated rings. The van der Waals surface area contributed by atoms with Crippen LogP contribution in [-0.4, -0.2) is 29.5 Å². The summed E-state index contributed by atoms with van der Waals surface area (Å²) in [4.78, 5) is 0. The molecule has 0 aromatic heterocycles. The van der Waals surface area contributed by atoms with Gasteiger partial charge in [0.15, 0.2) is 0 Å². The number of benzene rings is 1. The Labute approximate surface area is 110 Å². The molecule has 3 N–H and O–H groups in total. The lowest BCUT2D eigenvalue weighted by molar-refractivity contribution is 0.105. The fourth-order valence-corrected chi connectivity index (χ4v) is 2.48. The van der Waals surface area contributed by atoms with Gasteiger partial charge in [-0.15, -0.1) is 0 Å². The average molecular weight is 357 g/mol. The second kappa shape index (κ2) is 5.95. The SMILES string of the molecule is Cc1c(F)cc(Br)c(NCC(O)CO)c1Br. The molecule has 0 heterocycles. The first-order valence-electron chi connectivity index (χ1n) is 4.64. The lowest BCUT2D eigenvalue weighted by atomic mass is 10.2. The first-order valence-corrected chi connectivity index (χ1v) is 6.22. The maximum absolute atomic E-state index is 13.3. The molecule has 1 unspecified atom stereocenters. The van der Waals surface area contributed by atoms with Gasteiger partial charge in [0.1, 0.15) is 5.82 Å². The normalized spacial score (nSPS) is 12.6. The number of aliphatic hydroxyl groups excluding tert-OH is 2. The lowest BCUT2D eigenvalue weighted by Gasteiger charge is -2.15. The van der Waals surface area contributed by atoms with Gasteiger partial charge in [-0.3, -0.25) is 0 Å². The quantitative estimate of drug-likeness (QED) is 0.776. The average Bonchev–Trinajstić information content (AvgIpc) is 2.25. The Kier molecular flexibility index (Phi) is 5.17. The van der Waals surface area contributed by atoms with E-state index in [1.165, 1.54) is 6.07 Å². The van der Waals surface area contributed by atoms with Crippen molar-refractivity contribution in [3.05, 3.63) is 26.4 Å². The summed E-state index contributed by atoms with van der Waals surface area (Å²) in [6, 6.07) is 1.35. The molecule has 1 rings (SSSR count). The molecule has 1 aromatic rings. The summed E-state index contributed by atoms with van der Waals surface area (Å²) in [7, 11) is 0.